The molecule has 3 nitrogen and oxygen atoms in total. The van der Waals surface area contributed by atoms with Crippen LogP contribution in [0.2, 0.25) is 0 Å². The first-order valence-corrected chi connectivity index (χ1v) is 5.06. The van der Waals surface area contributed by atoms with Crippen molar-refractivity contribution >= 4 is 11.8 Å². The molecule has 1 aliphatic rings. The van der Waals surface area contributed by atoms with Crippen molar-refractivity contribution in [2.45, 2.75) is 33.6 Å². The zero-order valence-electron chi connectivity index (χ0n) is 9.04. The second kappa shape index (κ2) is 4.40. The molecule has 0 radical (unpaired) electrons. The fraction of sp³-hybridized carbons (Fsp3) is 0.636. The third-order valence-electron chi connectivity index (χ3n) is 2.35. The summed E-state index contributed by atoms with van der Waals surface area (Å²) in [6, 6.07) is 0. The van der Waals surface area contributed by atoms with Gasteiger partial charge in [-0.15, -0.1) is 0 Å². The van der Waals surface area contributed by atoms with Crippen LogP contribution in [-0.2, 0) is 9.59 Å². The van der Waals surface area contributed by atoms with E-state index in [9.17, 15) is 9.59 Å². The van der Waals surface area contributed by atoms with Crippen molar-refractivity contribution in [3.8, 4) is 0 Å². The van der Waals surface area contributed by atoms with Crippen LogP contribution in [0.25, 0.3) is 0 Å². The molecular formula is C11H17NO2. The summed E-state index contributed by atoms with van der Waals surface area (Å²) in [5.74, 6) is 0.340. The quantitative estimate of drug-likeness (QED) is 0.641. The number of hydrogen-bond acceptors (Lipinski definition) is 2. The average molecular weight is 195 g/mol. The van der Waals surface area contributed by atoms with Gasteiger partial charge < -0.3 is 0 Å². The van der Waals surface area contributed by atoms with Crippen LogP contribution in [0.3, 0.4) is 0 Å². The lowest BCUT2D eigenvalue weighted by molar-refractivity contribution is -0.137. The second-order valence-electron chi connectivity index (χ2n) is 4.16. The molecule has 0 saturated carbocycles. The Bertz CT molecular complexity index is 279. The van der Waals surface area contributed by atoms with E-state index < -0.39 is 0 Å². The van der Waals surface area contributed by atoms with Gasteiger partial charge in [0.25, 0.3) is 11.8 Å². The molecule has 0 aromatic carbocycles. The third-order valence-corrected chi connectivity index (χ3v) is 2.35. The fourth-order valence-corrected chi connectivity index (χ4v) is 1.51. The summed E-state index contributed by atoms with van der Waals surface area (Å²) in [5, 5.41) is 0. The van der Waals surface area contributed by atoms with Crippen molar-refractivity contribution in [3.05, 3.63) is 11.6 Å². The van der Waals surface area contributed by atoms with Crippen LogP contribution in [-0.4, -0.2) is 23.3 Å². The number of rotatable bonds is 4. The van der Waals surface area contributed by atoms with Crippen LogP contribution in [0.5, 0.6) is 0 Å². The Morgan fingerprint density at radius 1 is 1.36 bits per heavy atom. The van der Waals surface area contributed by atoms with Crippen LogP contribution in [0, 0.1) is 5.92 Å². The van der Waals surface area contributed by atoms with Gasteiger partial charge >= 0.3 is 0 Å². The Morgan fingerprint density at radius 2 is 2.00 bits per heavy atom. The van der Waals surface area contributed by atoms with Gasteiger partial charge in [0.1, 0.15) is 0 Å². The van der Waals surface area contributed by atoms with E-state index in [1.807, 2.05) is 0 Å². The highest BCUT2D eigenvalue weighted by Crippen LogP contribution is 2.13. The van der Waals surface area contributed by atoms with Crippen LogP contribution in [0.1, 0.15) is 33.6 Å². The summed E-state index contributed by atoms with van der Waals surface area (Å²) < 4.78 is 0. The highest BCUT2D eigenvalue weighted by Gasteiger charge is 2.27. The molecule has 0 unspecified atom stereocenters. The van der Waals surface area contributed by atoms with Crippen LogP contribution in [0.4, 0.5) is 0 Å². The van der Waals surface area contributed by atoms with Crippen LogP contribution < -0.4 is 0 Å². The molecule has 0 N–H and O–H groups in total. The lowest BCUT2D eigenvalue weighted by Gasteiger charge is -2.14. The molecule has 78 valence electrons. The molecule has 0 saturated heterocycles. The largest absolute Gasteiger partial charge is 0.275 e. The third kappa shape index (κ3) is 2.44. The smallest absolute Gasteiger partial charge is 0.256 e. The van der Waals surface area contributed by atoms with Crippen molar-refractivity contribution in [1.29, 1.82) is 0 Å². The lowest BCUT2D eigenvalue weighted by Crippen LogP contribution is -2.31. The van der Waals surface area contributed by atoms with Crippen LogP contribution >= 0.6 is 0 Å². The first-order valence-electron chi connectivity index (χ1n) is 5.06. The van der Waals surface area contributed by atoms with Gasteiger partial charge in [0, 0.05) is 18.2 Å². The van der Waals surface area contributed by atoms with E-state index in [4.69, 9.17) is 0 Å². The summed E-state index contributed by atoms with van der Waals surface area (Å²) in [6.45, 7) is 6.51. The van der Waals surface area contributed by atoms with Crippen molar-refractivity contribution in [3.63, 3.8) is 0 Å². The minimum atomic E-state index is -0.156. The highest BCUT2D eigenvalue weighted by molar-refractivity contribution is 6.15. The second-order valence-corrected chi connectivity index (χ2v) is 4.16. The molecule has 0 fully saturated rings. The van der Waals surface area contributed by atoms with Crippen molar-refractivity contribution in [1.82, 2.24) is 4.90 Å². The van der Waals surface area contributed by atoms with Gasteiger partial charge in [-0.05, 0) is 25.7 Å². The average Bonchev–Trinajstić information content (AvgIpc) is 2.31. The Kier molecular flexibility index (Phi) is 3.44. The molecule has 3 heteroatoms. The molecular weight excluding hydrogens is 178 g/mol. The number of hydrogen-bond donors (Lipinski definition) is 0. The number of nitrogens with zero attached hydrogens (tertiary/aromatic N) is 1. The maximum Gasteiger partial charge on any atom is 0.256 e. The normalized spacial score (nSPS) is 16.9. The SMILES string of the molecule is CC1=CC(=O)N(CCCC(C)C)C1=O. The summed E-state index contributed by atoms with van der Waals surface area (Å²) >= 11 is 0. The number of carbonyl (C=O) groups is 2. The number of amides is 2. The molecule has 1 heterocycles. The van der Waals surface area contributed by atoms with E-state index in [1.54, 1.807) is 6.92 Å². The molecule has 14 heavy (non-hydrogen) atoms. The summed E-state index contributed by atoms with van der Waals surface area (Å²) in [5.41, 5.74) is 0.555. The Balaban J connectivity index is 2.40. The van der Waals surface area contributed by atoms with E-state index in [2.05, 4.69) is 13.8 Å². The molecule has 0 aromatic heterocycles. The van der Waals surface area contributed by atoms with Gasteiger partial charge in [0.2, 0.25) is 0 Å². The minimum Gasteiger partial charge on any atom is -0.275 e. The molecule has 1 rings (SSSR count). The number of imide groups is 1. The maximum atomic E-state index is 11.4. The molecule has 0 aliphatic carbocycles. The van der Waals surface area contributed by atoms with E-state index in [1.165, 1.54) is 11.0 Å². The Morgan fingerprint density at radius 3 is 2.43 bits per heavy atom. The van der Waals surface area contributed by atoms with Gasteiger partial charge in [-0.2, -0.15) is 0 Å². The van der Waals surface area contributed by atoms with E-state index in [-0.39, 0.29) is 11.8 Å². The Hall–Kier alpha value is -1.12. The molecule has 0 spiro atoms. The molecule has 0 aromatic rings. The lowest BCUT2D eigenvalue weighted by atomic mass is 10.1. The van der Waals surface area contributed by atoms with Crippen molar-refractivity contribution in [2.75, 3.05) is 6.54 Å². The number of carbonyl (C=O) groups excluding carboxylic acids is 2. The highest BCUT2D eigenvalue weighted by atomic mass is 16.2. The molecule has 0 bridgehead atoms. The van der Waals surface area contributed by atoms with Crippen molar-refractivity contribution in [2.24, 2.45) is 5.92 Å². The molecule has 1 aliphatic heterocycles. The van der Waals surface area contributed by atoms with Gasteiger partial charge in [0.05, 0.1) is 0 Å². The predicted molar refractivity (Wildman–Crippen MR) is 54.5 cm³/mol. The van der Waals surface area contributed by atoms with E-state index in [0.717, 1.165) is 12.8 Å². The van der Waals surface area contributed by atoms with Crippen molar-refractivity contribution < 1.29 is 9.59 Å². The van der Waals surface area contributed by atoms with Crippen LogP contribution in [0.15, 0.2) is 11.6 Å². The maximum absolute atomic E-state index is 11.4. The summed E-state index contributed by atoms with van der Waals surface area (Å²) in [4.78, 5) is 24.1. The first kappa shape index (κ1) is 11.0. The minimum absolute atomic E-state index is 0.126. The van der Waals surface area contributed by atoms with Gasteiger partial charge in [-0.1, -0.05) is 13.8 Å². The zero-order valence-corrected chi connectivity index (χ0v) is 9.04. The zero-order chi connectivity index (χ0) is 10.7. The van der Waals surface area contributed by atoms with E-state index >= 15 is 0 Å². The topological polar surface area (TPSA) is 37.4 Å². The molecule has 2 amide bonds. The van der Waals surface area contributed by atoms with E-state index in [0.29, 0.717) is 18.0 Å². The molecule has 0 atom stereocenters. The summed E-state index contributed by atoms with van der Waals surface area (Å²) in [7, 11) is 0. The first-order chi connectivity index (χ1) is 6.52. The van der Waals surface area contributed by atoms with Gasteiger partial charge in [0.15, 0.2) is 0 Å². The Labute approximate surface area is 84.8 Å². The van der Waals surface area contributed by atoms with Gasteiger partial charge in [-0.3, -0.25) is 14.5 Å². The monoisotopic (exact) mass is 195 g/mol. The summed E-state index contributed by atoms with van der Waals surface area (Å²) in [6.07, 6.45) is 3.37. The van der Waals surface area contributed by atoms with Gasteiger partial charge in [-0.25, -0.2) is 0 Å². The standard InChI is InChI=1S/C11H17NO2/c1-8(2)5-4-6-12-10(13)7-9(3)11(12)14/h7-8H,4-6H2,1-3H3. The fourth-order valence-electron chi connectivity index (χ4n) is 1.51. The predicted octanol–water partition coefficient (Wildman–Crippen LogP) is 1.74.